The molecule has 2 fully saturated rings. The van der Waals surface area contributed by atoms with Crippen LogP contribution in [0.25, 0.3) is 0 Å². The lowest BCUT2D eigenvalue weighted by atomic mass is 9.98. The monoisotopic (exact) mass is 694 g/mol. The van der Waals surface area contributed by atoms with E-state index in [1.54, 1.807) is 6.26 Å². The van der Waals surface area contributed by atoms with Gasteiger partial charge in [0.2, 0.25) is 0 Å². The molecule has 2 saturated heterocycles. The Kier molecular flexibility index (Phi) is 12.0. The maximum absolute atomic E-state index is 12.6. The van der Waals surface area contributed by atoms with Gasteiger partial charge in [0.25, 0.3) is 0 Å². The van der Waals surface area contributed by atoms with Gasteiger partial charge in [-0.05, 0) is 28.3 Å². The second-order valence-corrected chi connectivity index (χ2v) is 12.6. The highest BCUT2D eigenvalue weighted by atomic mass is 16.8. The van der Waals surface area contributed by atoms with Crippen molar-refractivity contribution in [2.24, 2.45) is 0 Å². The van der Waals surface area contributed by atoms with Crippen LogP contribution in [-0.2, 0) is 69.1 Å². The van der Waals surface area contributed by atoms with Gasteiger partial charge in [0.05, 0.1) is 45.9 Å². The molecule has 266 valence electrons. The van der Waals surface area contributed by atoms with Gasteiger partial charge in [-0.3, -0.25) is 0 Å². The third-order valence-electron chi connectivity index (χ3n) is 8.92. The number of carbonyl (C=O) groups is 1. The fraction of sp³-hybridized carbons (Fsp3) is 0.341. The summed E-state index contributed by atoms with van der Waals surface area (Å²) in [6.45, 7) is 1.65. The van der Waals surface area contributed by atoms with E-state index in [0.29, 0.717) is 19.8 Å². The number of hydrogen-bond acceptors (Lipinski definition) is 10. The van der Waals surface area contributed by atoms with Crippen LogP contribution in [0.5, 0.6) is 0 Å². The molecule has 0 aromatic heterocycles. The molecule has 7 rings (SSSR count). The van der Waals surface area contributed by atoms with Gasteiger partial charge in [-0.15, -0.1) is 0 Å². The first-order valence-corrected chi connectivity index (χ1v) is 17.2. The van der Waals surface area contributed by atoms with Gasteiger partial charge in [-0.2, -0.15) is 0 Å². The third-order valence-corrected chi connectivity index (χ3v) is 8.92. The molecule has 0 N–H and O–H groups in total. The van der Waals surface area contributed by atoms with Gasteiger partial charge < -0.3 is 42.6 Å². The lowest BCUT2D eigenvalue weighted by molar-refractivity contribution is -0.322. The van der Waals surface area contributed by atoms with E-state index in [1.165, 1.54) is 0 Å². The van der Waals surface area contributed by atoms with E-state index in [4.69, 9.17) is 42.6 Å². The number of rotatable bonds is 16. The first-order chi connectivity index (χ1) is 25.2. The molecule has 10 nitrogen and oxygen atoms in total. The number of benzene rings is 4. The molecule has 8 atom stereocenters. The van der Waals surface area contributed by atoms with Gasteiger partial charge in [-0.25, -0.2) is 4.79 Å². The number of ether oxygens (including phenoxy) is 9. The Balaban J connectivity index is 1.13. The van der Waals surface area contributed by atoms with Gasteiger partial charge in [-0.1, -0.05) is 121 Å². The van der Waals surface area contributed by atoms with Crippen molar-refractivity contribution in [2.75, 3.05) is 13.2 Å². The predicted octanol–water partition coefficient (Wildman–Crippen LogP) is 6.52. The second-order valence-electron chi connectivity index (χ2n) is 12.6. The maximum atomic E-state index is 12.6. The maximum Gasteiger partial charge on any atom is 0.509 e. The number of carbonyl (C=O) groups excluding carboxylic acids is 1. The summed E-state index contributed by atoms with van der Waals surface area (Å²) in [6.07, 6.45) is -3.30. The molecule has 3 unspecified atom stereocenters. The highest BCUT2D eigenvalue weighted by Crippen LogP contribution is 2.36. The fourth-order valence-corrected chi connectivity index (χ4v) is 6.32. The molecular weight excluding hydrogens is 652 g/mol. The number of hydrogen-bond donors (Lipinski definition) is 0. The summed E-state index contributed by atoms with van der Waals surface area (Å²) in [5, 5.41) is 0. The first kappa shape index (κ1) is 34.9. The molecule has 0 amide bonds. The summed E-state index contributed by atoms with van der Waals surface area (Å²) in [4.78, 5) is 12.6. The van der Waals surface area contributed by atoms with Crippen LogP contribution in [-0.4, -0.2) is 68.4 Å². The Hall–Kier alpha value is -4.55. The Morgan fingerprint density at radius 3 is 1.59 bits per heavy atom. The van der Waals surface area contributed by atoms with E-state index in [1.807, 2.05) is 127 Å². The van der Waals surface area contributed by atoms with E-state index in [9.17, 15) is 4.79 Å². The minimum atomic E-state index is -1.02. The van der Waals surface area contributed by atoms with Gasteiger partial charge >= 0.3 is 6.16 Å². The minimum absolute atomic E-state index is 0.122. The zero-order valence-corrected chi connectivity index (χ0v) is 28.1. The molecular formula is C41H42O10. The van der Waals surface area contributed by atoms with Crippen LogP contribution in [0.3, 0.4) is 0 Å². The molecule has 3 aliphatic rings. The average Bonchev–Trinajstić information content (AvgIpc) is 3.57. The molecule has 0 bridgehead atoms. The van der Waals surface area contributed by atoms with E-state index in [-0.39, 0.29) is 19.8 Å². The highest BCUT2D eigenvalue weighted by Gasteiger charge is 2.56. The summed E-state index contributed by atoms with van der Waals surface area (Å²) in [6, 6.07) is 39.4. The molecule has 0 spiro atoms. The van der Waals surface area contributed by atoms with Crippen molar-refractivity contribution in [3.05, 3.63) is 156 Å². The quantitative estimate of drug-likeness (QED) is 0.121. The normalized spacial score (nSPS) is 26.9. The van der Waals surface area contributed by atoms with Crippen LogP contribution in [0, 0.1) is 0 Å². The molecule has 3 heterocycles. The summed E-state index contributed by atoms with van der Waals surface area (Å²) in [5.41, 5.74) is 3.99. The molecule has 3 aliphatic heterocycles. The van der Waals surface area contributed by atoms with Crippen LogP contribution in [0.2, 0.25) is 0 Å². The lowest BCUT2D eigenvalue weighted by Gasteiger charge is -2.44. The van der Waals surface area contributed by atoms with Gasteiger partial charge in [0.15, 0.2) is 24.6 Å². The van der Waals surface area contributed by atoms with Crippen molar-refractivity contribution < 1.29 is 47.4 Å². The van der Waals surface area contributed by atoms with E-state index in [2.05, 4.69) is 0 Å². The Morgan fingerprint density at radius 1 is 0.529 bits per heavy atom. The van der Waals surface area contributed by atoms with Crippen molar-refractivity contribution in [3.63, 3.8) is 0 Å². The zero-order chi connectivity index (χ0) is 34.7. The minimum Gasteiger partial charge on any atom is -0.493 e. The van der Waals surface area contributed by atoms with Crippen molar-refractivity contribution in [2.45, 2.75) is 75.4 Å². The van der Waals surface area contributed by atoms with Crippen molar-refractivity contribution in [1.82, 2.24) is 0 Å². The smallest absolute Gasteiger partial charge is 0.493 e. The third kappa shape index (κ3) is 9.42. The summed E-state index contributed by atoms with van der Waals surface area (Å²) < 4.78 is 56.1. The topological polar surface area (TPSA) is 100 Å². The Labute approximate surface area is 297 Å². The van der Waals surface area contributed by atoms with Gasteiger partial charge in [0, 0.05) is 0 Å². The molecule has 0 saturated carbocycles. The summed E-state index contributed by atoms with van der Waals surface area (Å²) >= 11 is 0. The summed E-state index contributed by atoms with van der Waals surface area (Å²) in [5.74, 6) is 0. The van der Waals surface area contributed by atoms with Crippen LogP contribution in [0.4, 0.5) is 4.79 Å². The largest absolute Gasteiger partial charge is 0.509 e. The molecule has 0 aliphatic carbocycles. The highest BCUT2D eigenvalue weighted by molar-refractivity contribution is 5.63. The number of fused-ring (bicyclic) bond motifs is 1. The van der Waals surface area contributed by atoms with Gasteiger partial charge in [0.1, 0.15) is 24.4 Å². The Bertz CT molecular complexity index is 1660. The first-order valence-electron chi connectivity index (χ1n) is 17.2. The lowest BCUT2D eigenvalue weighted by Crippen LogP contribution is -2.61. The van der Waals surface area contributed by atoms with Crippen LogP contribution >= 0.6 is 0 Å². The van der Waals surface area contributed by atoms with E-state index >= 15 is 0 Å². The molecule has 4 aromatic carbocycles. The molecule has 0 radical (unpaired) electrons. The van der Waals surface area contributed by atoms with Crippen molar-refractivity contribution in [1.29, 1.82) is 0 Å². The van der Waals surface area contributed by atoms with E-state index in [0.717, 1.165) is 22.3 Å². The predicted molar refractivity (Wildman–Crippen MR) is 185 cm³/mol. The Morgan fingerprint density at radius 2 is 1.02 bits per heavy atom. The molecule has 51 heavy (non-hydrogen) atoms. The average molecular weight is 695 g/mol. The van der Waals surface area contributed by atoms with Crippen molar-refractivity contribution >= 4 is 6.16 Å². The fourth-order valence-electron chi connectivity index (χ4n) is 6.32. The summed E-state index contributed by atoms with van der Waals surface area (Å²) in [7, 11) is 0. The zero-order valence-electron chi connectivity index (χ0n) is 28.1. The van der Waals surface area contributed by atoms with Crippen LogP contribution in [0.1, 0.15) is 22.3 Å². The standard InChI is InChI=1S/C41H42O10/c42-41-50-37-35(28-44-24-30-15-7-2-8-16-30)48-40(39(38(37)51-41)47-26-32-19-11-4-12-20-32)49-36-33(46-25-31-17-9-3-10-18-31)21-22-45-34(36)27-43-23-29-13-5-1-6-14-29/h1-22,33-40H,23-28H2/t33-,34?,35?,36-,37-,38-,39-,40?/m0/s1. The van der Waals surface area contributed by atoms with Crippen LogP contribution in [0.15, 0.2) is 134 Å². The molecule has 10 heteroatoms. The SMILES string of the molecule is O=C1O[C@@H]2[C@H](OCc3ccccc3)C(O[C@@H]3C(COCc4ccccc4)OC=C[C@@H]3OCc3ccccc3)OC(COCc3ccccc3)[C@@H]2O1. The van der Waals surface area contributed by atoms with Crippen molar-refractivity contribution in [3.8, 4) is 0 Å². The molecule has 4 aromatic rings. The van der Waals surface area contributed by atoms with E-state index < -0.39 is 55.2 Å². The second kappa shape index (κ2) is 17.6. The van der Waals surface area contributed by atoms with Crippen LogP contribution < -0.4 is 0 Å².